The summed E-state index contributed by atoms with van der Waals surface area (Å²) in [5.41, 5.74) is 0. The van der Waals surface area contributed by atoms with Crippen LogP contribution < -0.4 is 0 Å². The molecule has 0 spiro atoms. The molecule has 0 atom stereocenters. The van der Waals surface area contributed by atoms with Gasteiger partial charge in [0.25, 0.3) is 0 Å². The van der Waals surface area contributed by atoms with Gasteiger partial charge < -0.3 is 4.52 Å². The zero-order chi connectivity index (χ0) is 8.27. The Bertz CT molecular complexity index is 253. The van der Waals surface area contributed by atoms with E-state index >= 15 is 0 Å². The van der Waals surface area contributed by atoms with Crippen LogP contribution in [0.25, 0.3) is 0 Å². The van der Waals surface area contributed by atoms with E-state index in [1.165, 1.54) is 0 Å². The van der Waals surface area contributed by atoms with E-state index < -0.39 is 0 Å². The lowest BCUT2D eigenvalue weighted by Crippen LogP contribution is -1.98. The highest BCUT2D eigenvalue weighted by Crippen LogP contribution is 2.10. The van der Waals surface area contributed by atoms with Crippen molar-refractivity contribution in [2.45, 2.75) is 6.92 Å². The minimum Gasteiger partial charge on any atom is -0.359 e. The van der Waals surface area contributed by atoms with Crippen molar-refractivity contribution in [1.82, 2.24) is 10.2 Å². The molecule has 0 saturated heterocycles. The van der Waals surface area contributed by atoms with Crippen LogP contribution in [-0.2, 0) is 0 Å². The van der Waals surface area contributed by atoms with Gasteiger partial charge in [-0.1, -0.05) is 10.4 Å². The van der Waals surface area contributed by atoms with Crippen LogP contribution in [0.15, 0.2) is 20.9 Å². The lowest BCUT2D eigenvalue weighted by Gasteiger charge is -1.97. The third-order valence-electron chi connectivity index (χ3n) is 0.942. The zero-order valence-corrected chi connectivity index (χ0v) is 6.77. The molecule has 1 rings (SSSR count). The molecule has 0 amide bonds. The summed E-state index contributed by atoms with van der Waals surface area (Å²) in [5, 5.41) is 12.7. The van der Waals surface area contributed by atoms with Gasteiger partial charge in [-0.2, -0.15) is 0 Å². The molecule has 0 aromatic carbocycles. The van der Waals surface area contributed by atoms with Crippen LogP contribution in [0.4, 0.5) is 5.82 Å². The summed E-state index contributed by atoms with van der Waals surface area (Å²) < 4.78 is 4.77. The fourth-order valence-electron chi connectivity index (χ4n) is 0.536. The molecule has 1 aromatic rings. The molecule has 11 heavy (non-hydrogen) atoms. The molecule has 5 nitrogen and oxygen atoms in total. The second-order valence-corrected chi connectivity index (χ2v) is 2.33. The molecule has 1 aromatic heterocycles. The summed E-state index contributed by atoms with van der Waals surface area (Å²) in [6.07, 6.45) is 0. The van der Waals surface area contributed by atoms with Crippen LogP contribution in [0.3, 0.4) is 0 Å². The predicted molar refractivity (Wildman–Crippen MR) is 39.4 cm³/mol. The minimum atomic E-state index is 0.496. The highest BCUT2D eigenvalue weighted by atomic mass is 16.5. The molecular weight excluding hydrogens is 144 g/mol. The predicted octanol–water partition coefficient (Wildman–Crippen LogP) is 1.54. The third-order valence-corrected chi connectivity index (χ3v) is 0.942. The largest absolute Gasteiger partial charge is 0.359 e. The molecule has 1 heterocycles. The zero-order valence-electron chi connectivity index (χ0n) is 6.77. The van der Waals surface area contributed by atoms with Crippen molar-refractivity contribution in [3.05, 3.63) is 11.8 Å². The van der Waals surface area contributed by atoms with Gasteiger partial charge in [-0.15, -0.1) is 5.11 Å². The van der Waals surface area contributed by atoms with E-state index in [2.05, 4.69) is 15.5 Å². The van der Waals surface area contributed by atoms with Crippen molar-refractivity contribution in [3.8, 4) is 0 Å². The fraction of sp³-hybridized carbons (Fsp3) is 0.500. The molecule has 0 bridgehead atoms. The average Bonchev–Trinajstić information content (AvgIpc) is 2.31. The molecule has 60 valence electrons. The van der Waals surface area contributed by atoms with Crippen LogP contribution >= 0.6 is 0 Å². The highest BCUT2D eigenvalue weighted by molar-refractivity contribution is 5.23. The van der Waals surface area contributed by atoms with E-state index in [1.807, 2.05) is 6.92 Å². The first-order valence-electron chi connectivity index (χ1n) is 3.21. The van der Waals surface area contributed by atoms with Crippen molar-refractivity contribution >= 4 is 5.82 Å². The first-order chi connectivity index (χ1) is 5.18. The van der Waals surface area contributed by atoms with E-state index in [0.717, 1.165) is 5.76 Å². The molecule has 0 aliphatic carbocycles. The topological polar surface area (TPSA) is 54.0 Å². The first kappa shape index (κ1) is 7.71. The number of hydrogen-bond donors (Lipinski definition) is 0. The third kappa shape index (κ3) is 2.37. The Morgan fingerprint density at radius 3 is 2.73 bits per heavy atom. The maximum absolute atomic E-state index is 4.77. The lowest BCUT2D eigenvalue weighted by atomic mass is 10.5. The SMILES string of the molecule is Cc1cc(N=NN(C)C)no1. The van der Waals surface area contributed by atoms with Gasteiger partial charge in [-0.25, -0.2) is 0 Å². The Morgan fingerprint density at radius 1 is 1.55 bits per heavy atom. The Kier molecular flexibility index (Phi) is 2.20. The van der Waals surface area contributed by atoms with Gasteiger partial charge in [0.2, 0.25) is 5.82 Å². The molecule has 0 saturated carbocycles. The normalized spacial score (nSPS) is 10.8. The van der Waals surface area contributed by atoms with Crippen molar-refractivity contribution < 1.29 is 4.52 Å². The maximum Gasteiger partial charge on any atom is 0.218 e. The van der Waals surface area contributed by atoms with Gasteiger partial charge in [0.15, 0.2) is 0 Å². The number of aromatic nitrogens is 1. The molecule has 5 heteroatoms. The summed E-state index contributed by atoms with van der Waals surface area (Å²) in [6, 6.07) is 1.72. The van der Waals surface area contributed by atoms with Crippen molar-refractivity contribution in [2.24, 2.45) is 10.3 Å². The summed E-state index contributed by atoms with van der Waals surface area (Å²) in [6.45, 7) is 1.81. The highest BCUT2D eigenvalue weighted by Gasteiger charge is 1.95. The van der Waals surface area contributed by atoms with E-state index in [9.17, 15) is 0 Å². The first-order valence-corrected chi connectivity index (χ1v) is 3.21. The summed E-state index contributed by atoms with van der Waals surface area (Å²) >= 11 is 0. The average molecular weight is 154 g/mol. The van der Waals surface area contributed by atoms with Crippen LogP contribution in [0, 0.1) is 6.92 Å². The maximum atomic E-state index is 4.77. The van der Waals surface area contributed by atoms with Gasteiger partial charge in [0.1, 0.15) is 5.76 Å². The smallest absolute Gasteiger partial charge is 0.218 e. The van der Waals surface area contributed by atoms with Crippen LogP contribution in [0.1, 0.15) is 5.76 Å². The standard InChI is InChI=1S/C6H10N4O/c1-5-4-6(8-11-5)7-9-10(2)3/h4H,1-3H3. The monoisotopic (exact) mass is 154 g/mol. The van der Waals surface area contributed by atoms with Gasteiger partial charge in [-0.05, 0) is 6.92 Å². The molecular formula is C6H10N4O. The Labute approximate surface area is 64.7 Å². The Balaban J connectivity index is 2.64. The molecule has 0 unspecified atom stereocenters. The molecule has 0 N–H and O–H groups in total. The van der Waals surface area contributed by atoms with Gasteiger partial charge in [0, 0.05) is 20.2 Å². The summed E-state index contributed by atoms with van der Waals surface area (Å²) in [5.74, 6) is 1.23. The fourth-order valence-corrected chi connectivity index (χ4v) is 0.536. The van der Waals surface area contributed by atoms with Crippen LogP contribution in [-0.4, -0.2) is 24.3 Å². The van der Waals surface area contributed by atoms with E-state index in [1.54, 1.807) is 25.2 Å². The number of rotatable bonds is 2. The van der Waals surface area contributed by atoms with Crippen molar-refractivity contribution in [2.75, 3.05) is 14.1 Å². The van der Waals surface area contributed by atoms with Crippen LogP contribution in [0.5, 0.6) is 0 Å². The minimum absolute atomic E-state index is 0.496. The number of hydrogen-bond acceptors (Lipinski definition) is 4. The molecule has 0 aliphatic heterocycles. The Morgan fingerprint density at radius 2 is 2.27 bits per heavy atom. The molecule has 0 fully saturated rings. The number of aryl methyl sites for hydroxylation is 1. The number of nitrogens with zero attached hydrogens (tertiary/aromatic N) is 4. The molecule has 0 aliphatic rings. The van der Waals surface area contributed by atoms with E-state index in [4.69, 9.17) is 4.52 Å². The van der Waals surface area contributed by atoms with Crippen molar-refractivity contribution in [1.29, 1.82) is 0 Å². The lowest BCUT2D eigenvalue weighted by molar-refractivity contribution is 0.388. The van der Waals surface area contributed by atoms with Crippen molar-refractivity contribution in [3.63, 3.8) is 0 Å². The van der Waals surface area contributed by atoms with E-state index in [-0.39, 0.29) is 0 Å². The summed E-state index contributed by atoms with van der Waals surface area (Å²) in [4.78, 5) is 0. The Hall–Kier alpha value is -1.39. The van der Waals surface area contributed by atoms with Crippen LogP contribution in [0.2, 0.25) is 0 Å². The second-order valence-electron chi connectivity index (χ2n) is 2.33. The van der Waals surface area contributed by atoms with Gasteiger partial charge in [0.05, 0.1) is 0 Å². The summed E-state index contributed by atoms with van der Waals surface area (Å²) in [7, 11) is 3.58. The van der Waals surface area contributed by atoms with E-state index in [0.29, 0.717) is 5.82 Å². The second kappa shape index (κ2) is 3.14. The van der Waals surface area contributed by atoms with Gasteiger partial charge in [-0.3, -0.25) is 5.01 Å². The molecule has 0 radical (unpaired) electrons. The quantitative estimate of drug-likeness (QED) is 0.479. The van der Waals surface area contributed by atoms with Gasteiger partial charge >= 0.3 is 0 Å².